The first-order valence-electron chi connectivity index (χ1n) is 3.61. The van der Waals surface area contributed by atoms with Gasteiger partial charge in [0.25, 0.3) is 0 Å². The third-order valence-electron chi connectivity index (χ3n) is 1.34. The first-order chi connectivity index (χ1) is 4.74. The lowest BCUT2D eigenvalue weighted by atomic mass is 10.3. The van der Waals surface area contributed by atoms with Crippen LogP contribution in [0.2, 0.25) is 0 Å². The van der Waals surface area contributed by atoms with Crippen LogP contribution in [0, 0.1) is 0 Å². The highest BCUT2D eigenvalue weighted by molar-refractivity contribution is 8.00. The molecule has 0 saturated heterocycles. The molecule has 0 aliphatic rings. The topological polar surface area (TPSA) is 40.5 Å². The Balaban J connectivity index is 3.41. The molecule has 0 bridgehead atoms. The van der Waals surface area contributed by atoms with Crippen LogP contribution in [0.5, 0.6) is 0 Å². The summed E-state index contributed by atoms with van der Waals surface area (Å²) in [6.07, 6.45) is 0.964. The Morgan fingerprint density at radius 2 is 1.90 bits per heavy atom. The Morgan fingerprint density at radius 1 is 1.30 bits per heavy atom. The van der Waals surface area contributed by atoms with Crippen molar-refractivity contribution in [2.75, 3.05) is 13.2 Å². The van der Waals surface area contributed by atoms with Crippen LogP contribution < -0.4 is 0 Å². The molecule has 0 spiro atoms. The van der Waals surface area contributed by atoms with E-state index in [9.17, 15) is 0 Å². The van der Waals surface area contributed by atoms with E-state index in [-0.39, 0.29) is 18.5 Å². The zero-order valence-corrected chi connectivity index (χ0v) is 7.40. The Labute approximate surface area is 66.6 Å². The van der Waals surface area contributed by atoms with E-state index in [0.717, 1.165) is 6.42 Å². The lowest BCUT2D eigenvalue weighted by Crippen LogP contribution is -2.14. The third kappa shape index (κ3) is 4.14. The summed E-state index contributed by atoms with van der Waals surface area (Å²) in [5, 5.41) is 18.0. The summed E-state index contributed by atoms with van der Waals surface area (Å²) in [5.41, 5.74) is 0. The molecule has 0 aliphatic heterocycles. The molecule has 0 rings (SSSR count). The molecular weight excluding hydrogens is 148 g/mol. The number of aliphatic hydroxyl groups excluding tert-OH is 2. The number of hydrogen-bond acceptors (Lipinski definition) is 3. The summed E-state index contributed by atoms with van der Waals surface area (Å²) in [5.74, 6) is 0. The molecule has 0 aromatic rings. The zero-order chi connectivity index (χ0) is 7.98. The maximum absolute atomic E-state index is 8.77. The fourth-order valence-electron chi connectivity index (χ4n) is 0.640. The molecule has 0 heterocycles. The Morgan fingerprint density at radius 3 is 2.20 bits per heavy atom. The molecule has 2 unspecified atom stereocenters. The minimum Gasteiger partial charge on any atom is -0.395 e. The highest BCUT2D eigenvalue weighted by atomic mass is 32.2. The van der Waals surface area contributed by atoms with Crippen LogP contribution in [0.1, 0.15) is 20.3 Å². The molecule has 2 nitrogen and oxygen atoms in total. The second-order valence-electron chi connectivity index (χ2n) is 2.34. The van der Waals surface area contributed by atoms with Gasteiger partial charge in [0.15, 0.2) is 0 Å². The molecule has 0 amide bonds. The van der Waals surface area contributed by atoms with Crippen LogP contribution in [0.4, 0.5) is 0 Å². The molecular formula is C7H16O2S. The van der Waals surface area contributed by atoms with Crippen molar-refractivity contribution in [3.8, 4) is 0 Å². The van der Waals surface area contributed by atoms with Crippen molar-refractivity contribution >= 4 is 11.8 Å². The smallest absolute Gasteiger partial charge is 0.0550 e. The highest BCUT2D eigenvalue weighted by Crippen LogP contribution is 2.18. The molecule has 62 valence electrons. The fourth-order valence-corrected chi connectivity index (χ4v) is 1.66. The Kier molecular flexibility index (Phi) is 6.17. The molecule has 2 N–H and O–H groups in total. The number of rotatable bonds is 5. The van der Waals surface area contributed by atoms with E-state index in [2.05, 4.69) is 0 Å². The van der Waals surface area contributed by atoms with Crippen molar-refractivity contribution in [3.63, 3.8) is 0 Å². The maximum atomic E-state index is 8.77. The maximum Gasteiger partial charge on any atom is 0.0550 e. The monoisotopic (exact) mass is 164 g/mol. The normalized spacial score (nSPS) is 16.8. The molecule has 0 aliphatic carbocycles. The van der Waals surface area contributed by atoms with Crippen molar-refractivity contribution in [2.45, 2.75) is 30.8 Å². The van der Waals surface area contributed by atoms with Gasteiger partial charge in [-0.25, -0.2) is 0 Å². The summed E-state index contributed by atoms with van der Waals surface area (Å²) in [4.78, 5) is 0. The van der Waals surface area contributed by atoms with Crippen LogP contribution in [0.25, 0.3) is 0 Å². The molecule has 0 saturated carbocycles. The molecule has 2 atom stereocenters. The van der Waals surface area contributed by atoms with Crippen molar-refractivity contribution in [1.82, 2.24) is 0 Å². The van der Waals surface area contributed by atoms with Crippen LogP contribution >= 0.6 is 11.8 Å². The van der Waals surface area contributed by atoms with E-state index in [1.165, 1.54) is 0 Å². The summed E-state index contributed by atoms with van der Waals surface area (Å²) in [6, 6.07) is 0. The van der Waals surface area contributed by atoms with Crippen LogP contribution in [0.15, 0.2) is 0 Å². The van der Waals surface area contributed by atoms with Crippen LogP contribution in [-0.2, 0) is 0 Å². The van der Waals surface area contributed by atoms with Gasteiger partial charge in [-0.3, -0.25) is 0 Å². The lowest BCUT2D eigenvalue weighted by molar-refractivity contribution is 0.287. The molecule has 0 aromatic carbocycles. The lowest BCUT2D eigenvalue weighted by Gasteiger charge is -2.14. The highest BCUT2D eigenvalue weighted by Gasteiger charge is 2.09. The van der Waals surface area contributed by atoms with Gasteiger partial charge in [-0.1, -0.05) is 13.8 Å². The standard InChI is InChI=1S/C7H16O2S/c1-3-7(5-9)10-6(2)4-8/h6-9H,3-5H2,1-2H3. The first-order valence-corrected chi connectivity index (χ1v) is 4.56. The third-order valence-corrected chi connectivity index (χ3v) is 2.82. The number of hydrogen-bond donors (Lipinski definition) is 2. The average molecular weight is 164 g/mol. The molecule has 0 fully saturated rings. The largest absolute Gasteiger partial charge is 0.395 e. The second kappa shape index (κ2) is 6.01. The van der Waals surface area contributed by atoms with E-state index < -0.39 is 0 Å². The summed E-state index contributed by atoms with van der Waals surface area (Å²) >= 11 is 1.64. The van der Waals surface area contributed by atoms with Gasteiger partial charge in [0.1, 0.15) is 0 Å². The van der Waals surface area contributed by atoms with Crippen molar-refractivity contribution < 1.29 is 10.2 Å². The van der Waals surface area contributed by atoms with Crippen molar-refractivity contribution in [1.29, 1.82) is 0 Å². The molecule has 10 heavy (non-hydrogen) atoms. The van der Waals surface area contributed by atoms with Gasteiger partial charge in [-0.15, -0.1) is 0 Å². The van der Waals surface area contributed by atoms with E-state index in [4.69, 9.17) is 10.2 Å². The number of thioether (sulfide) groups is 1. The number of aliphatic hydroxyl groups is 2. The van der Waals surface area contributed by atoms with Gasteiger partial charge in [-0.2, -0.15) is 11.8 Å². The second-order valence-corrected chi connectivity index (χ2v) is 4.09. The Hall–Kier alpha value is 0.270. The van der Waals surface area contributed by atoms with Crippen LogP contribution in [0.3, 0.4) is 0 Å². The van der Waals surface area contributed by atoms with E-state index in [1.807, 2.05) is 13.8 Å². The molecule has 0 radical (unpaired) electrons. The van der Waals surface area contributed by atoms with Gasteiger partial charge in [0.2, 0.25) is 0 Å². The Bertz CT molecular complexity index is 74.0. The van der Waals surface area contributed by atoms with Crippen LogP contribution in [-0.4, -0.2) is 33.9 Å². The minimum atomic E-state index is 0.196. The van der Waals surface area contributed by atoms with Gasteiger partial charge >= 0.3 is 0 Å². The molecule has 0 aromatic heterocycles. The van der Waals surface area contributed by atoms with Gasteiger partial charge < -0.3 is 10.2 Å². The summed E-state index contributed by atoms with van der Waals surface area (Å²) in [7, 11) is 0. The average Bonchev–Trinajstić information content (AvgIpc) is 1.99. The van der Waals surface area contributed by atoms with E-state index in [1.54, 1.807) is 11.8 Å². The van der Waals surface area contributed by atoms with Gasteiger partial charge in [-0.05, 0) is 6.42 Å². The minimum absolute atomic E-state index is 0.196. The van der Waals surface area contributed by atoms with E-state index >= 15 is 0 Å². The predicted octanol–water partition coefficient (Wildman–Crippen LogP) is 0.871. The fraction of sp³-hybridized carbons (Fsp3) is 1.00. The SMILES string of the molecule is CCC(CO)SC(C)CO. The summed E-state index contributed by atoms with van der Waals surface area (Å²) in [6.45, 7) is 4.41. The van der Waals surface area contributed by atoms with E-state index in [0.29, 0.717) is 5.25 Å². The first kappa shape index (κ1) is 10.3. The van der Waals surface area contributed by atoms with Gasteiger partial charge in [0, 0.05) is 10.5 Å². The van der Waals surface area contributed by atoms with Crippen molar-refractivity contribution in [3.05, 3.63) is 0 Å². The summed E-state index contributed by atoms with van der Waals surface area (Å²) < 4.78 is 0. The predicted molar refractivity (Wildman–Crippen MR) is 45.3 cm³/mol. The van der Waals surface area contributed by atoms with Gasteiger partial charge in [0.05, 0.1) is 13.2 Å². The molecule has 3 heteroatoms. The zero-order valence-electron chi connectivity index (χ0n) is 6.58. The quantitative estimate of drug-likeness (QED) is 0.633. The van der Waals surface area contributed by atoms with Crippen molar-refractivity contribution in [2.24, 2.45) is 0 Å².